The highest BCUT2D eigenvalue weighted by Crippen LogP contribution is 2.58. The number of anilines is 4. The molecular weight excluding hydrogens is 812 g/mol. The summed E-state index contributed by atoms with van der Waals surface area (Å²) in [5, 5.41) is 4.59. The maximum absolute atomic E-state index is 15.1. The smallest absolute Gasteiger partial charge is 0.359 e. The van der Waals surface area contributed by atoms with Crippen molar-refractivity contribution in [3.8, 4) is 0 Å². The number of hydrogen-bond acceptors (Lipinski definition) is 2. The Morgan fingerprint density at radius 2 is 0.682 bits per heavy atom. The van der Waals surface area contributed by atoms with E-state index in [0.29, 0.717) is 0 Å². The summed E-state index contributed by atoms with van der Waals surface area (Å²) in [4.78, 5) is 4.98. The van der Waals surface area contributed by atoms with Gasteiger partial charge in [0.25, 0.3) is 0 Å². The van der Waals surface area contributed by atoms with Gasteiger partial charge in [-0.05, 0) is 116 Å². The predicted octanol–water partition coefficient (Wildman–Crippen LogP) is 14.2. The Bertz CT molecular complexity index is 3150. The zero-order chi connectivity index (χ0) is 46.6. The number of halogens is 2. The van der Waals surface area contributed by atoms with Crippen molar-refractivity contribution in [1.29, 1.82) is 0 Å². The van der Waals surface area contributed by atoms with Gasteiger partial charge >= 0.3 is 14.0 Å². The molecule has 11 rings (SSSR count). The maximum atomic E-state index is 15.1. The van der Waals surface area contributed by atoms with E-state index in [4.69, 9.17) is 0 Å². The van der Waals surface area contributed by atoms with Crippen LogP contribution >= 0.6 is 0 Å². The first-order valence-corrected chi connectivity index (χ1v) is 23.5. The van der Waals surface area contributed by atoms with E-state index < -0.39 is 0 Å². The third-order valence-electron chi connectivity index (χ3n) is 14.4. The minimum Gasteiger partial charge on any atom is -0.359 e. The molecule has 7 aromatic carbocycles. The highest BCUT2D eigenvalue weighted by molar-refractivity contribution is 6.83. The van der Waals surface area contributed by atoms with Gasteiger partial charge in [-0.15, -0.1) is 0 Å². The van der Waals surface area contributed by atoms with E-state index in [1.54, 1.807) is 24.3 Å². The van der Waals surface area contributed by atoms with Gasteiger partial charge in [0, 0.05) is 44.0 Å². The molecule has 9 aromatic rings. The van der Waals surface area contributed by atoms with Crippen molar-refractivity contribution in [1.82, 2.24) is 8.96 Å². The van der Waals surface area contributed by atoms with Crippen LogP contribution in [-0.2, 0) is 21.7 Å². The Kier molecular flexibility index (Phi) is 9.07. The minimum absolute atomic E-state index is 0.118. The van der Waals surface area contributed by atoms with Gasteiger partial charge in [-0.2, -0.15) is 0 Å². The molecule has 66 heavy (non-hydrogen) atoms. The molecular formula is C58H58B2F2N4. The highest BCUT2D eigenvalue weighted by atomic mass is 19.1. The highest BCUT2D eigenvalue weighted by Gasteiger charge is 2.49. The van der Waals surface area contributed by atoms with Gasteiger partial charge in [-0.1, -0.05) is 156 Å². The molecule has 0 N–H and O–H groups in total. The monoisotopic (exact) mass is 870 g/mol. The number of aromatic nitrogens is 2. The molecule has 2 aliphatic heterocycles. The van der Waals surface area contributed by atoms with E-state index in [9.17, 15) is 0 Å². The second-order valence-electron chi connectivity index (χ2n) is 23.0. The Morgan fingerprint density at radius 1 is 0.379 bits per heavy atom. The van der Waals surface area contributed by atoms with Crippen LogP contribution < -0.4 is 20.5 Å². The van der Waals surface area contributed by atoms with Crippen LogP contribution in [0.25, 0.3) is 43.6 Å². The van der Waals surface area contributed by atoms with E-state index >= 15 is 8.78 Å². The van der Waals surface area contributed by atoms with Crippen LogP contribution in [0.15, 0.2) is 133 Å². The largest absolute Gasteiger partial charge is 0.420 e. The molecule has 0 unspecified atom stereocenters. The van der Waals surface area contributed by atoms with Gasteiger partial charge < -0.3 is 18.6 Å². The quantitative estimate of drug-likeness (QED) is 0.164. The topological polar surface area (TPSA) is 16.3 Å². The first-order chi connectivity index (χ1) is 31.1. The van der Waals surface area contributed by atoms with Crippen LogP contribution in [0.5, 0.6) is 0 Å². The van der Waals surface area contributed by atoms with Crippen LogP contribution in [0.2, 0.25) is 0 Å². The molecule has 2 aromatic heterocycles. The summed E-state index contributed by atoms with van der Waals surface area (Å²) in [6.45, 7) is 26.9. The molecule has 4 heterocycles. The van der Waals surface area contributed by atoms with Gasteiger partial charge in [0.2, 0.25) is 0 Å². The van der Waals surface area contributed by atoms with Gasteiger partial charge in [0.1, 0.15) is 11.6 Å². The van der Waals surface area contributed by atoms with E-state index in [2.05, 4.69) is 187 Å². The molecule has 4 nitrogen and oxygen atoms in total. The molecule has 330 valence electrons. The molecule has 2 aliphatic rings. The molecule has 8 heteroatoms. The molecule has 0 amide bonds. The Hall–Kier alpha value is -6.27. The summed E-state index contributed by atoms with van der Waals surface area (Å²) in [5.41, 5.74) is 15.5. The van der Waals surface area contributed by atoms with Crippen molar-refractivity contribution in [3.05, 3.63) is 167 Å². The lowest BCUT2D eigenvalue weighted by Crippen LogP contribution is -2.49. The summed E-state index contributed by atoms with van der Waals surface area (Å²) < 4.78 is 35.3. The summed E-state index contributed by atoms with van der Waals surface area (Å²) in [7, 11) is 0. The molecule has 0 aliphatic carbocycles. The van der Waals surface area contributed by atoms with Crippen LogP contribution in [-0.4, -0.2) is 22.9 Å². The van der Waals surface area contributed by atoms with Gasteiger partial charge in [-0.3, -0.25) is 0 Å². The number of fused-ring (bicyclic) bond motifs is 8. The van der Waals surface area contributed by atoms with Gasteiger partial charge in [-0.25, -0.2) is 8.78 Å². The minimum atomic E-state index is -0.316. The third kappa shape index (κ3) is 6.30. The zero-order valence-electron chi connectivity index (χ0n) is 40.4. The SMILES string of the molecule is CC(C)(C)c1cc(B2N(c3ccc(F)cc3)c3c4c5ccccc5n5c4c(c4c6ccccc6n2c34)N(c2ccc(F)cc2)B5c2cc(C(C)(C)C)cc(C(C)(C)C)c2)cc(C(C)(C)C)c1. The fraction of sp³-hybridized carbons (Fsp3) is 0.276. The Morgan fingerprint density at radius 3 is 0.985 bits per heavy atom. The van der Waals surface area contributed by atoms with E-state index in [1.807, 2.05) is 24.3 Å². The number of nitrogens with zero attached hydrogens (tertiary/aromatic N) is 4. The van der Waals surface area contributed by atoms with E-state index in [0.717, 1.165) is 66.4 Å². The van der Waals surface area contributed by atoms with Crippen molar-refractivity contribution in [2.75, 3.05) is 9.62 Å². The summed E-state index contributed by atoms with van der Waals surface area (Å²) in [6, 6.07) is 46.2. The standard InChI is InChI=1S/C58H58B2F2N4/c1-55(2,3)35-29-36(56(4,5)6)32-39(31-35)59-63(43-25-21-41(61)22-26-43)51-49-46-18-14-16-20-48(46)66-54(49)52(50-45-17-13-15-19-47(45)65(59)53(50)51)64(44-27-23-42(62)24-28-44)60(66)40-33-37(57(7,8)9)30-38(34-40)58(10,11)12/h13-34H,1-12H3. The number of rotatable bonds is 4. The van der Waals surface area contributed by atoms with Gasteiger partial charge in [0.15, 0.2) is 0 Å². The number of hydrogen-bond donors (Lipinski definition) is 0. The average molecular weight is 871 g/mol. The van der Waals surface area contributed by atoms with Gasteiger partial charge in [0.05, 0.1) is 22.4 Å². The van der Waals surface area contributed by atoms with Crippen molar-refractivity contribution in [2.45, 2.75) is 105 Å². The fourth-order valence-electron chi connectivity index (χ4n) is 10.8. The summed E-state index contributed by atoms with van der Waals surface area (Å²) in [6.07, 6.45) is 0. The molecule has 0 bridgehead atoms. The molecule has 0 saturated heterocycles. The lowest BCUT2D eigenvalue weighted by atomic mass is 9.63. The first-order valence-electron chi connectivity index (χ1n) is 23.5. The second kappa shape index (κ2) is 14.1. The van der Waals surface area contributed by atoms with Crippen molar-refractivity contribution >= 4 is 91.3 Å². The van der Waals surface area contributed by atoms with E-state index in [-0.39, 0.29) is 47.3 Å². The van der Waals surface area contributed by atoms with Crippen LogP contribution in [0, 0.1) is 11.6 Å². The van der Waals surface area contributed by atoms with Crippen molar-refractivity contribution in [2.24, 2.45) is 0 Å². The third-order valence-corrected chi connectivity index (χ3v) is 14.4. The maximum Gasteiger partial charge on any atom is 0.420 e. The van der Waals surface area contributed by atoms with Crippen molar-refractivity contribution in [3.63, 3.8) is 0 Å². The lowest BCUT2D eigenvalue weighted by Gasteiger charge is -2.32. The molecule has 0 atom stereocenters. The normalized spacial score (nSPS) is 14.4. The summed E-state index contributed by atoms with van der Waals surface area (Å²) >= 11 is 0. The second-order valence-corrected chi connectivity index (χ2v) is 23.0. The number of benzene rings is 7. The zero-order valence-corrected chi connectivity index (χ0v) is 40.4. The van der Waals surface area contributed by atoms with E-state index in [1.165, 1.54) is 33.2 Å². The van der Waals surface area contributed by atoms with Crippen LogP contribution in [0.1, 0.15) is 105 Å². The van der Waals surface area contributed by atoms with Crippen molar-refractivity contribution < 1.29 is 8.78 Å². The first kappa shape index (κ1) is 42.4. The Labute approximate surface area is 389 Å². The fourth-order valence-corrected chi connectivity index (χ4v) is 10.8. The lowest BCUT2D eigenvalue weighted by molar-refractivity contribution is 0.569. The summed E-state index contributed by atoms with van der Waals surface area (Å²) in [5.74, 6) is -0.538. The molecule has 0 radical (unpaired) electrons. The Balaban J connectivity index is 1.35. The molecule has 0 saturated carbocycles. The van der Waals surface area contributed by atoms with Crippen LogP contribution in [0.3, 0.4) is 0 Å². The molecule has 0 spiro atoms. The molecule has 0 fully saturated rings. The predicted molar refractivity (Wildman–Crippen MR) is 279 cm³/mol. The average Bonchev–Trinajstić information content (AvgIpc) is 3.99. The number of para-hydroxylation sites is 2. The van der Waals surface area contributed by atoms with Crippen LogP contribution in [0.4, 0.5) is 31.5 Å².